The molecule has 1 N–H and O–H groups in total. The summed E-state index contributed by atoms with van der Waals surface area (Å²) < 4.78 is 23.9. The Morgan fingerprint density at radius 2 is 2.20 bits per heavy atom. The molecule has 1 aliphatic heterocycles. The van der Waals surface area contributed by atoms with Crippen molar-refractivity contribution in [2.75, 3.05) is 18.1 Å². The van der Waals surface area contributed by atoms with E-state index in [1.54, 1.807) is 0 Å². The highest BCUT2D eigenvalue weighted by molar-refractivity contribution is 9.10. The average Bonchev–Trinajstić information content (AvgIpc) is 2.16. The molecule has 1 aromatic carbocycles. The normalized spacial score (nSPS) is 25.0. The molecule has 1 fully saturated rings. The number of hydrogen-bond acceptors (Lipinski definition) is 3. The summed E-state index contributed by atoms with van der Waals surface area (Å²) in [5.41, 5.74) is 1.02. The molecule has 1 heterocycles. The van der Waals surface area contributed by atoms with Crippen LogP contribution in [0.15, 0.2) is 28.7 Å². The van der Waals surface area contributed by atoms with Crippen molar-refractivity contribution < 1.29 is 8.42 Å². The molecule has 82 valence electrons. The van der Waals surface area contributed by atoms with E-state index in [9.17, 15) is 8.42 Å². The fourth-order valence-electron chi connectivity index (χ4n) is 1.72. The standard InChI is InChI=1S/C10H12BrNO2S/c11-9-3-1-2-8(6-9)10-7-15(13,14)5-4-12-10/h1-3,6,10,12H,4-5,7H2. The maximum Gasteiger partial charge on any atom is 0.153 e. The van der Waals surface area contributed by atoms with Gasteiger partial charge >= 0.3 is 0 Å². The lowest BCUT2D eigenvalue weighted by Crippen LogP contribution is -2.39. The number of sulfone groups is 1. The second-order valence-corrected chi connectivity index (χ2v) is 6.82. The van der Waals surface area contributed by atoms with Crippen LogP contribution in [0.4, 0.5) is 0 Å². The van der Waals surface area contributed by atoms with Gasteiger partial charge in [0.2, 0.25) is 0 Å². The van der Waals surface area contributed by atoms with Crippen LogP contribution in [0.2, 0.25) is 0 Å². The van der Waals surface area contributed by atoms with Crippen molar-refractivity contribution in [2.45, 2.75) is 6.04 Å². The summed E-state index contributed by atoms with van der Waals surface area (Å²) in [7, 11) is -2.87. The number of benzene rings is 1. The second kappa shape index (κ2) is 4.23. The SMILES string of the molecule is O=S1(=O)CCNC(c2cccc(Br)c2)C1. The molecular formula is C10H12BrNO2S. The highest BCUT2D eigenvalue weighted by Crippen LogP contribution is 2.21. The van der Waals surface area contributed by atoms with Crippen molar-refractivity contribution in [3.05, 3.63) is 34.3 Å². The Kier molecular flexibility index (Phi) is 3.13. The topological polar surface area (TPSA) is 46.2 Å². The van der Waals surface area contributed by atoms with Crippen molar-refractivity contribution in [1.29, 1.82) is 0 Å². The number of nitrogens with one attached hydrogen (secondary N) is 1. The van der Waals surface area contributed by atoms with Crippen molar-refractivity contribution in [2.24, 2.45) is 0 Å². The molecule has 1 aliphatic rings. The van der Waals surface area contributed by atoms with Gasteiger partial charge in [-0.05, 0) is 17.7 Å². The van der Waals surface area contributed by atoms with E-state index < -0.39 is 9.84 Å². The molecule has 15 heavy (non-hydrogen) atoms. The Bertz CT molecular complexity index is 458. The van der Waals surface area contributed by atoms with Gasteiger partial charge in [0, 0.05) is 17.1 Å². The monoisotopic (exact) mass is 289 g/mol. The van der Waals surface area contributed by atoms with Crippen molar-refractivity contribution in [3.8, 4) is 0 Å². The van der Waals surface area contributed by atoms with Gasteiger partial charge in [0.1, 0.15) is 0 Å². The Labute approximate surface area is 97.9 Å². The van der Waals surface area contributed by atoms with Crippen LogP contribution in [0.3, 0.4) is 0 Å². The molecule has 0 bridgehead atoms. The molecule has 0 aromatic heterocycles. The van der Waals surface area contributed by atoms with Gasteiger partial charge in [-0.1, -0.05) is 28.1 Å². The lowest BCUT2D eigenvalue weighted by Gasteiger charge is -2.24. The highest BCUT2D eigenvalue weighted by atomic mass is 79.9. The van der Waals surface area contributed by atoms with Gasteiger partial charge in [-0.15, -0.1) is 0 Å². The number of hydrogen-bond donors (Lipinski definition) is 1. The average molecular weight is 290 g/mol. The molecule has 0 amide bonds. The van der Waals surface area contributed by atoms with Gasteiger partial charge in [0.15, 0.2) is 9.84 Å². The lowest BCUT2D eigenvalue weighted by molar-refractivity contribution is 0.531. The molecule has 1 atom stereocenters. The summed E-state index contributed by atoms with van der Waals surface area (Å²) in [6.45, 7) is 0.541. The zero-order chi connectivity index (χ0) is 10.9. The minimum atomic E-state index is -2.87. The van der Waals surface area contributed by atoms with Crippen molar-refractivity contribution in [1.82, 2.24) is 5.32 Å². The predicted molar refractivity (Wildman–Crippen MR) is 63.5 cm³/mol. The molecule has 0 saturated carbocycles. The summed E-state index contributed by atoms with van der Waals surface area (Å²) in [6.07, 6.45) is 0. The summed E-state index contributed by atoms with van der Waals surface area (Å²) in [5, 5.41) is 3.22. The Balaban J connectivity index is 2.24. The van der Waals surface area contributed by atoms with E-state index in [2.05, 4.69) is 21.2 Å². The van der Waals surface area contributed by atoms with Crippen LogP contribution in [0, 0.1) is 0 Å². The fourth-order valence-corrected chi connectivity index (χ4v) is 3.55. The summed E-state index contributed by atoms with van der Waals surface area (Å²) in [4.78, 5) is 0. The van der Waals surface area contributed by atoms with E-state index in [-0.39, 0.29) is 17.5 Å². The van der Waals surface area contributed by atoms with Crippen molar-refractivity contribution in [3.63, 3.8) is 0 Å². The first kappa shape index (κ1) is 11.1. The third kappa shape index (κ3) is 2.80. The summed E-state index contributed by atoms with van der Waals surface area (Å²) in [5.74, 6) is 0.445. The quantitative estimate of drug-likeness (QED) is 0.852. The first-order valence-corrected chi connectivity index (χ1v) is 7.37. The smallest absolute Gasteiger partial charge is 0.153 e. The number of rotatable bonds is 1. The molecular weight excluding hydrogens is 278 g/mol. The largest absolute Gasteiger partial charge is 0.308 e. The molecule has 1 aromatic rings. The minimum absolute atomic E-state index is 0.0683. The first-order valence-electron chi connectivity index (χ1n) is 4.76. The van der Waals surface area contributed by atoms with Gasteiger partial charge < -0.3 is 5.32 Å². The highest BCUT2D eigenvalue weighted by Gasteiger charge is 2.25. The van der Waals surface area contributed by atoms with E-state index >= 15 is 0 Å². The molecule has 0 spiro atoms. The summed E-state index contributed by atoms with van der Waals surface area (Å²) >= 11 is 3.38. The predicted octanol–water partition coefficient (Wildman–Crippen LogP) is 1.51. The fraction of sp³-hybridized carbons (Fsp3) is 0.400. The number of halogens is 1. The Morgan fingerprint density at radius 3 is 2.87 bits per heavy atom. The van der Waals surface area contributed by atoms with Crippen LogP contribution >= 0.6 is 15.9 Å². The van der Waals surface area contributed by atoms with Crippen LogP contribution in [-0.4, -0.2) is 26.5 Å². The van der Waals surface area contributed by atoms with Crippen LogP contribution in [0.5, 0.6) is 0 Å². The second-order valence-electron chi connectivity index (χ2n) is 3.68. The van der Waals surface area contributed by atoms with Crippen LogP contribution in [0.25, 0.3) is 0 Å². The molecule has 1 unspecified atom stereocenters. The van der Waals surface area contributed by atoms with E-state index in [0.29, 0.717) is 6.54 Å². The third-order valence-corrected chi connectivity index (χ3v) is 4.64. The lowest BCUT2D eigenvalue weighted by atomic mass is 10.1. The van der Waals surface area contributed by atoms with E-state index in [0.717, 1.165) is 10.0 Å². The van der Waals surface area contributed by atoms with E-state index in [1.807, 2.05) is 24.3 Å². The van der Waals surface area contributed by atoms with E-state index in [4.69, 9.17) is 0 Å². The molecule has 0 aliphatic carbocycles. The van der Waals surface area contributed by atoms with E-state index in [1.165, 1.54) is 0 Å². The van der Waals surface area contributed by atoms with Crippen molar-refractivity contribution >= 4 is 25.8 Å². The van der Waals surface area contributed by atoms with Gasteiger partial charge in [-0.2, -0.15) is 0 Å². The maximum absolute atomic E-state index is 11.5. The van der Waals surface area contributed by atoms with Crippen LogP contribution in [0.1, 0.15) is 11.6 Å². The zero-order valence-electron chi connectivity index (χ0n) is 8.11. The third-order valence-electron chi connectivity index (χ3n) is 2.48. The molecule has 1 saturated heterocycles. The Morgan fingerprint density at radius 1 is 1.40 bits per heavy atom. The molecule has 0 radical (unpaired) electrons. The van der Waals surface area contributed by atoms with Gasteiger partial charge in [0.05, 0.1) is 11.5 Å². The van der Waals surface area contributed by atoms with Crippen LogP contribution < -0.4 is 5.32 Å². The van der Waals surface area contributed by atoms with Crippen LogP contribution in [-0.2, 0) is 9.84 Å². The van der Waals surface area contributed by atoms with Gasteiger partial charge in [-0.25, -0.2) is 8.42 Å². The Hall–Kier alpha value is -0.390. The van der Waals surface area contributed by atoms with Gasteiger partial charge in [-0.3, -0.25) is 0 Å². The minimum Gasteiger partial charge on any atom is -0.308 e. The zero-order valence-corrected chi connectivity index (χ0v) is 10.5. The molecule has 5 heteroatoms. The van der Waals surface area contributed by atoms with Gasteiger partial charge in [0.25, 0.3) is 0 Å². The summed E-state index contributed by atoms with van der Waals surface area (Å²) in [6, 6.07) is 7.69. The molecule has 3 nitrogen and oxygen atoms in total. The molecule has 2 rings (SSSR count). The first-order chi connectivity index (χ1) is 7.07. The maximum atomic E-state index is 11.5.